The third kappa shape index (κ3) is 4.33. The fourth-order valence-electron chi connectivity index (χ4n) is 2.49. The van der Waals surface area contributed by atoms with Crippen LogP contribution in [0.5, 0.6) is 11.5 Å². The van der Waals surface area contributed by atoms with Crippen molar-refractivity contribution in [2.75, 3.05) is 5.32 Å². The van der Waals surface area contributed by atoms with Gasteiger partial charge in [0.2, 0.25) is 0 Å². The molecule has 0 atom stereocenters. The molecule has 0 spiro atoms. The van der Waals surface area contributed by atoms with Gasteiger partial charge in [-0.3, -0.25) is 0 Å². The molecule has 0 amide bonds. The molecular weight excluding hydrogens is 351 g/mol. The fourth-order valence-corrected chi connectivity index (χ4v) is 2.66. The molecule has 3 aromatic rings. The van der Waals surface area contributed by atoms with E-state index in [-0.39, 0.29) is 12.1 Å². The van der Waals surface area contributed by atoms with Gasteiger partial charge in [-0.25, -0.2) is 4.39 Å². The monoisotopic (exact) mass is 366 g/mol. The summed E-state index contributed by atoms with van der Waals surface area (Å²) < 4.78 is 20.0. The van der Waals surface area contributed by atoms with Crippen molar-refractivity contribution in [2.24, 2.45) is 0 Å². The maximum atomic E-state index is 14.1. The molecule has 5 heteroatoms. The highest BCUT2D eigenvalue weighted by Gasteiger charge is 2.09. The Labute approximate surface area is 156 Å². The van der Waals surface area contributed by atoms with Crippen molar-refractivity contribution in [2.45, 2.75) is 13.5 Å². The first kappa shape index (κ1) is 17.8. The van der Waals surface area contributed by atoms with Crippen LogP contribution in [0.25, 0.3) is 0 Å². The van der Waals surface area contributed by atoms with Crippen molar-refractivity contribution in [3.63, 3.8) is 0 Å². The summed E-state index contributed by atoms with van der Waals surface area (Å²) in [7, 11) is 0. The Bertz CT molecular complexity index is 982. The van der Waals surface area contributed by atoms with Crippen molar-refractivity contribution in [1.82, 2.24) is 0 Å². The normalized spacial score (nSPS) is 10.2. The number of halogens is 2. The second-order valence-electron chi connectivity index (χ2n) is 5.83. The SMILES string of the molecule is Cc1cccc(Oc2ccc(Cl)cc2NCc2ccc(C#N)cc2F)c1. The Morgan fingerprint density at radius 3 is 2.69 bits per heavy atom. The van der Waals surface area contributed by atoms with Gasteiger partial charge in [-0.05, 0) is 55.0 Å². The number of aryl methyl sites for hydroxylation is 1. The van der Waals surface area contributed by atoms with Gasteiger partial charge in [-0.1, -0.05) is 29.8 Å². The molecule has 0 aliphatic heterocycles. The quantitative estimate of drug-likeness (QED) is 0.596. The number of nitrogens with zero attached hydrogens (tertiary/aromatic N) is 1. The van der Waals surface area contributed by atoms with Crippen LogP contribution in [0.1, 0.15) is 16.7 Å². The molecule has 0 radical (unpaired) electrons. The molecule has 3 nitrogen and oxygen atoms in total. The maximum absolute atomic E-state index is 14.1. The molecule has 3 aromatic carbocycles. The van der Waals surface area contributed by atoms with E-state index in [1.165, 1.54) is 6.07 Å². The van der Waals surface area contributed by atoms with Crippen LogP contribution in [0.2, 0.25) is 5.02 Å². The minimum absolute atomic E-state index is 0.238. The zero-order valence-corrected chi connectivity index (χ0v) is 14.8. The summed E-state index contributed by atoms with van der Waals surface area (Å²) in [6.45, 7) is 2.23. The van der Waals surface area contributed by atoms with Gasteiger partial charge in [0.25, 0.3) is 0 Å². The molecule has 3 rings (SSSR count). The third-order valence-corrected chi connectivity index (χ3v) is 4.05. The summed E-state index contributed by atoms with van der Waals surface area (Å²) in [5.74, 6) is 0.869. The Morgan fingerprint density at radius 1 is 1.12 bits per heavy atom. The van der Waals surface area contributed by atoms with Gasteiger partial charge in [0.1, 0.15) is 11.6 Å². The van der Waals surface area contributed by atoms with Gasteiger partial charge < -0.3 is 10.1 Å². The largest absolute Gasteiger partial charge is 0.455 e. The van der Waals surface area contributed by atoms with Gasteiger partial charge >= 0.3 is 0 Å². The van der Waals surface area contributed by atoms with Crippen LogP contribution in [0.3, 0.4) is 0 Å². The van der Waals surface area contributed by atoms with E-state index in [0.29, 0.717) is 27.8 Å². The zero-order chi connectivity index (χ0) is 18.5. The predicted octanol–water partition coefficient (Wildman–Crippen LogP) is 6.06. The Balaban J connectivity index is 1.81. The lowest BCUT2D eigenvalue weighted by molar-refractivity contribution is 0.484. The highest BCUT2D eigenvalue weighted by atomic mass is 35.5. The number of hydrogen-bond donors (Lipinski definition) is 1. The maximum Gasteiger partial charge on any atom is 0.150 e. The highest BCUT2D eigenvalue weighted by molar-refractivity contribution is 6.30. The smallest absolute Gasteiger partial charge is 0.150 e. The van der Waals surface area contributed by atoms with Gasteiger partial charge in [0.05, 0.1) is 17.3 Å². The Morgan fingerprint density at radius 2 is 1.96 bits per heavy atom. The molecule has 26 heavy (non-hydrogen) atoms. The van der Waals surface area contributed by atoms with Crippen LogP contribution >= 0.6 is 11.6 Å². The second kappa shape index (κ2) is 7.90. The summed E-state index contributed by atoms with van der Waals surface area (Å²) >= 11 is 6.09. The van der Waals surface area contributed by atoms with Gasteiger partial charge in [0, 0.05) is 17.1 Å². The molecule has 0 aliphatic carbocycles. The lowest BCUT2D eigenvalue weighted by Gasteiger charge is -2.14. The summed E-state index contributed by atoms with van der Waals surface area (Å²) in [6.07, 6.45) is 0. The van der Waals surface area contributed by atoms with Crippen LogP contribution in [-0.4, -0.2) is 0 Å². The molecule has 1 N–H and O–H groups in total. The van der Waals surface area contributed by atoms with E-state index < -0.39 is 5.82 Å². The van der Waals surface area contributed by atoms with E-state index in [4.69, 9.17) is 21.6 Å². The summed E-state index contributed by atoms with van der Waals surface area (Å²) in [5.41, 5.74) is 2.48. The van der Waals surface area contributed by atoms with Crippen LogP contribution in [0, 0.1) is 24.1 Å². The second-order valence-corrected chi connectivity index (χ2v) is 6.27. The number of ether oxygens (including phenoxy) is 1. The van der Waals surface area contributed by atoms with E-state index in [1.54, 1.807) is 30.3 Å². The van der Waals surface area contributed by atoms with Crippen LogP contribution in [-0.2, 0) is 6.54 Å². The molecule has 0 unspecified atom stereocenters. The minimum Gasteiger partial charge on any atom is -0.455 e. The van der Waals surface area contributed by atoms with Gasteiger partial charge in [-0.15, -0.1) is 0 Å². The molecule has 0 heterocycles. The average molecular weight is 367 g/mol. The van der Waals surface area contributed by atoms with Crippen molar-refractivity contribution in [1.29, 1.82) is 5.26 Å². The van der Waals surface area contributed by atoms with Gasteiger partial charge in [-0.2, -0.15) is 5.26 Å². The van der Waals surface area contributed by atoms with Gasteiger partial charge in [0.15, 0.2) is 5.75 Å². The highest BCUT2D eigenvalue weighted by Crippen LogP contribution is 2.32. The first-order chi connectivity index (χ1) is 12.5. The number of rotatable bonds is 5. The van der Waals surface area contributed by atoms with Crippen molar-refractivity contribution < 1.29 is 9.13 Å². The van der Waals surface area contributed by atoms with Crippen LogP contribution in [0.4, 0.5) is 10.1 Å². The molecule has 0 fully saturated rings. The molecule has 0 aromatic heterocycles. The number of anilines is 1. The summed E-state index contributed by atoms with van der Waals surface area (Å²) in [6, 6.07) is 19.2. The molecule has 0 bridgehead atoms. The van der Waals surface area contributed by atoms with Crippen molar-refractivity contribution >= 4 is 17.3 Å². The first-order valence-corrected chi connectivity index (χ1v) is 8.39. The lowest BCUT2D eigenvalue weighted by Crippen LogP contribution is -2.03. The molecule has 0 aliphatic rings. The number of nitrogens with one attached hydrogen (secondary N) is 1. The van der Waals surface area contributed by atoms with Crippen LogP contribution in [0.15, 0.2) is 60.7 Å². The van der Waals surface area contributed by atoms with E-state index in [1.807, 2.05) is 37.3 Å². The minimum atomic E-state index is -0.431. The van der Waals surface area contributed by atoms with Crippen molar-refractivity contribution in [3.05, 3.63) is 88.2 Å². The standard InChI is InChI=1S/C21H16ClFN2O/c1-14-3-2-4-18(9-14)26-21-8-7-17(22)11-20(21)25-13-16-6-5-15(12-24)10-19(16)23/h2-11,25H,13H2,1H3. The third-order valence-electron chi connectivity index (χ3n) is 3.81. The first-order valence-electron chi connectivity index (χ1n) is 8.01. The van der Waals surface area contributed by atoms with E-state index >= 15 is 0 Å². The predicted molar refractivity (Wildman–Crippen MR) is 101 cm³/mol. The molecular formula is C21H16ClFN2O. The zero-order valence-electron chi connectivity index (χ0n) is 14.1. The Hall–Kier alpha value is -3.03. The van der Waals surface area contributed by atoms with E-state index in [9.17, 15) is 4.39 Å². The molecule has 130 valence electrons. The van der Waals surface area contributed by atoms with E-state index in [0.717, 1.165) is 5.56 Å². The number of nitriles is 1. The topological polar surface area (TPSA) is 45.0 Å². The molecule has 0 saturated carbocycles. The number of benzene rings is 3. The molecule has 0 saturated heterocycles. The van der Waals surface area contributed by atoms with Crippen LogP contribution < -0.4 is 10.1 Å². The number of hydrogen-bond acceptors (Lipinski definition) is 3. The average Bonchev–Trinajstić information content (AvgIpc) is 2.62. The van der Waals surface area contributed by atoms with Crippen molar-refractivity contribution in [3.8, 4) is 17.6 Å². The summed E-state index contributed by atoms with van der Waals surface area (Å²) in [4.78, 5) is 0. The lowest BCUT2D eigenvalue weighted by atomic mass is 10.1. The fraction of sp³-hybridized carbons (Fsp3) is 0.0952. The van der Waals surface area contributed by atoms with E-state index in [2.05, 4.69) is 5.32 Å². The summed E-state index contributed by atoms with van der Waals surface area (Å²) in [5, 5.41) is 12.5. The Kier molecular flexibility index (Phi) is 5.40.